The van der Waals surface area contributed by atoms with Crippen LogP contribution in [0.15, 0.2) is 12.7 Å². The summed E-state index contributed by atoms with van der Waals surface area (Å²) >= 11 is 0. The van der Waals surface area contributed by atoms with Gasteiger partial charge in [0.25, 0.3) is 0 Å². The molecule has 3 nitrogen and oxygen atoms in total. The Morgan fingerprint density at radius 2 is 2.00 bits per heavy atom. The fourth-order valence-electron chi connectivity index (χ4n) is 2.96. The van der Waals surface area contributed by atoms with Crippen LogP contribution in [0.3, 0.4) is 0 Å². The molecule has 0 atom stereocenters. The van der Waals surface area contributed by atoms with Crippen molar-refractivity contribution in [1.82, 2.24) is 4.90 Å². The van der Waals surface area contributed by atoms with Gasteiger partial charge in [-0.25, -0.2) is 0 Å². The summed E-state index contributed by atoms with van der Waals surface area (Å²) in [5.41, 5.74) is 5.66. The lowest BCUT2D eigenvalue weighted by atomic mass is 9.73. The Bertz CT molecular complexity index is 291. The van der Waals surface area contributed by atoms with Gasteiger partial charge in [0.05, 0.1) is 5.41 Å². The highest BCUT2D eigenvalue weighted by molar-refractivity contribution is 5.84. The Morgan fingerprint density at radius 3 is 2.47 bits per heavy atom. The molecule has 2 saturated carbocycles. The molecule has 2 fully saturated rings. The van der Waals surface area contributed by atoms with Crippen molar-refractivity contribution < 1.29 is 4.79 Å². The molecule has 2 aliphatic carbocycles. The van der Waals surface area contributed by atoms with Crippen molar-refractivity contribution in [3.05, 3.63) is 12.7 Å². The molecule has 2 rings (SSSR count). The molecule has 0 aromatic carbocycles. The van der Waals surface area contributed by atoms with Crippen molar-refractivity contribution in [2.24, 2.45) is 11.1 Å². The second-order valence-corrected chi connectivity index (χ2v) is 5.52. The minimum atomic E-state index is -0.260. The number of rotatable bonds is 5. The first-order valence-corrected chi connectivity index (χ1v) is 6.85. The van der Waals surface area contributed by atoms with Gasteiger partial charge >= 0.3 is 0 Å². The van der Waals surface area contributed by atoms with Crippen LogP contribution >= 0.6 is 0 Å². The van der Waals surface area contributed by atoms with Crippen molar-refractivity contribution in [2.45, 2.75) is 51.0 Å². The molecular weight excluding hydrogens is 212 g/mol. The molecule has 2 N–H and O–H groups in total. The summed E-state index contributed by atoms with van der Waals surface area (Å²) < 4.78 is 0. The van der Waals surface area contributed by atoms with Crippen LogP contribution in [0.4, 0.5) is 0 Å². The summed E-state index contributed by atoms with van der Waals surface area (Å²) in [7, 11) is 0. The van der Waals surface area contributed by atoms with Crippen LogP contribution in [-0.2, 0) is 4.79 Å². The van der Waals surface area contributed by atoms with E-state index >= 15 is 0 Å². The molecule has 0 aromatic heterocycles. The Labute approximate surface area is 104 Å². The third-order valence-electron chi connectivity index (χ3n) is 4.23. The van der Waals surface area contributed by atoms with Gasteiger partial charge in [0, 0.05) is 19.1 Å². The van der Waals surface area contributed by atoms with Gasteiger partial charge in [0.1, 0.15) is 0 Å². The number of hydrogen-bond donors (Lipinski definition) is 1. The zero-order valence-corrected chi connectivity index (χ0v) is 10.7. The third kappa shape index (κ3) is 2.54. The molecular formula is C14H24N2O. The van der Waals surface area contributed by atoms with Crippen LogP contribution in [0.1, 0.15) is 44.9 Å². The number of carbonyl (C=O) groups is 1. The molecule has 1 amide bonds. The molecule has 0 radical (unpaired) electrons. The van der Waals surface area contributed by atoms with E-state index in [0.717, 1.165) is 38.5 Å². The summed E-state index contributed by atoms with van der Waals surface area (Å²) in [5, 5.41) is 0. The van der Waals surface area contributed by atoms with E-state index in [1.54, 1.807) is 0 Å². The van der Waals surface area contributed by atoms with Gasteiger partial charge in [-0.05, 0) is 25.7 Å². The molecule has 0 aliphatic heterocycles. The Kier molecular flexibility index (Phi) is 3.87. The highest BCUT2D eigenvalue weighted by atomic mass is 16.2. The zero-order chi connectivity index (χ0) is 12.3. The lowest BCUT2D eigenvalue weighted by molar-refractivity contribution is -0.143. The lowest BCUT2D eigenvalue weighted by Crippen LogP contribution is -2.50. The predicted molar refractivity (Wildman–Crippen MR) is 69.5 cm³/mol. The topological polar surface area (TPSA) is 46.3 Å². The molecule has 0 bridgehead atoms. The van der Waals surface area contributed by atoms with E-state index < -0.39 is 0 Å². The Balaban J connectivity index is 2.10. The van der Waals surface area contributed by atoms with E-state index in [0.29, 0.717) is 25.0 Å². The van der Waals surface area contributed by atoms with E-state index in [1.165, 1.54) is 6.42 Å². The Morgan fingerprint density at radius 1 is 1.35 bits per heavy atom. The quantitative estimate of drug-likeness (QED) is 0.743. The highest BCUT2D eigenvalue weighted by Gasteiger charge is 2.44. The maximum Gasteiger partial charge on any atom is 0.230 e. The normalized spacial score (nSPS) is 23.1. The van der Waals surface area contributed by atoms with E-state index in [1.807, 2.05) is 11.0 Å². The monoisotopic (exact) mass is 236 g/mol. The van der Waals surface area contributed by atoms with Gasteiger partial charge in [-0.3, -0.25) is 4.79 Å². The van der Waals surface area contributed by atoms with E-state index in [2.05, 4.69) is 6.58 Å². The van der Waals surface area contributed by atoms with Crippen LogP contribution in [0.2, 0.25) is 0 Å². The smallest absolute Gasteiger partial charge is 0.230 e. The van der Waals surface area contributed by atoms with Crippen molar-refractivity contribution in [3.63, 3.8) is 0 Å². The van der Waals surface area contributed by atoms with Gasteiger partial charge in [-0.15, -0.1) is 6.58 Å². The van der Waals surface area contributed by atoms with E-state index in [9.17, 15) is 4.79 Å². The van der Waals surface area contributed by atoms with Crippen molar-refractivity contribution in [3.8, 4) is 0 Å². The summed E-state index contributed by atoms with van der Waals surface area (Å²) in [6.07, 6.45) is 9.64. The largest absolute Gasteiger partial charge is 0.335 e. The molecule has 0 unspecified atom stereocenters. The third-order valence-corrected chi connectivity index (χ3v) is 4.23. The molecule has 0 aromatic rings. The second kappa shape index (κ2) is 5.21. The first kappa shape index (κ1) is 12.6. The molecule has 0 heterocycles. The number of nitrogens with two attached hydrogens (primary N) is 1. The first-order valence-electron chi connectivity index (χ1n) is 6.85. The molecule has 2 aliphatic rings. The fraction of sp³-hybridized carbons (Fsp3) is 0.786. The van der Waals surface area contributed by atoms with Gasteiger partial charge in [-0.2, -0.15) is 0 Å². The average molecular weight is 236 g/mol. The number of carbonyl (C=O) groups excluding carboxylic acids is 1. The summed E-state index contributed by atoms with van der Waals surface area (Å²) in [6.45, 7) is 4.95. The average Bonchev–Trinajstić information content (AvgIpc) is 3.20. The van der Waals surface area contributed by atoms with Crippen LogP contribution in [0.5, 0.6) is 0 Å². The van der Waals surface area contributed by atoms with Gasteiger partial charge in [-0.1, -0.05) is 25.3 Å². The minimum absolute atomic E-state index is 0.260. The number of nitrogens with zero attached hydrogens (tertiary/aromatic N) is 1. The van der Waals surface area contributed by atoms with Gasteiger partial charge < -0.3 is 10.6 Å². The molecule has 0 spiro atoms. The van der Waals surface area contributed by atoms with Crippen LogP contribution in [0.25, 0.3) is 0 Å². The minimum Gasteiger partial charge on any atom is -0.335 e. The zero-order valence-electron chi connectivity index (χ0n) is 10.7. The molecule has 3 heteroatoms. The lowest BCUT2D eigenvalue weighted by Gasteiger charge is -2.39. The van der Waals surface area contributed by atoms with E-state index in [4.69, 9.17) is 5.73 Å². The van der Waals surface area contributed by atoms with Crippen molar-refractivity contribution >= 4 is 5.91 Å². The second-order valence-electron chi connectivity index (χ2n) is 5.52. The van der Waals surface area contributed by atoms with Crippen LogP contribution in [-0.4, -0.2) is 29.9 Å². The summed E-state index contributed by atoms with van der Waals surface area (Å²) in [4.78, 5) is 14.7. The maximum atomic E-state index is 12.7. The van der Waals surface area contributed by atoms with Crippen molar-refractivity contribution in [1.29, 1.82) is 0 Å². The summed E-state index contributed by atoms with van der Waals surface area (Å²) in [6, 6.07) is 0.464. The van der Waals surface area contributed by atoms with Crippen LogP contribution < -0.4 is 5.73 Å². The SMILES string of the molecule is C=CCN(C(=O)C1(CN)CCCCC1)C1CC1. The standard InChI is InChI=1S/C14H24N2O/c1-2-10-16(12-6-7-12)13(17)14(11-15)8-4-3-5-9-14/h2,12H,1,3-11,15H2. The number of amides is 1. The molecule has 96 valence electrons. The highest BCUT2D eigenvalue weighted by Crippen LogP contribution is 2.39. The molecule has 0 saturated heterocycles. The maximum absolute atomic E-state index is 12.7. The van der Waals surface area contributed by atoms with Gasteiger partial charge in [0.2, 0.25) is 5.91 Å². The van der Waals surface area contributed by atoms with E-state index in [-0.39, 0.29) is 5.41 Å². The molecule has 17 heavy (non-hydrogen) atoms. The fourth-order valence-corrected chi connectivity index (χ4v) is 2.96. The van der Waals surface area contributed by atoms with Crippen molar-refractivity contribution in [2.75, 3.05) is 13.1 Å². The first-order chi connectivity index (χ1) is 8.23. The number of hydrogen-bond acceptors (Lipinski definition) is 2. The Hall–Kier alpha value is -0.830. The predicted octanol–water partition coefficient (Wildman–Crippen LogP) is 2.07. The van der Waals surface area contributed by atoms with Gasteiger partial charge in [0.15, 0.2) is 0 Å². The summed E-state index contributed by atoms with van der Waals surface area (Å²) in [5.74, 6) is 0.294. The van der Waals surface area contributed by atoms with Crippen LogP contribution in [0, 0.1) is 5.41 Å².